The maximum atomic E-state index is 13.0. The molecule has 0 spiro atoms. The highest BCUT2D eigenvalue weighted by Crippen LogP contribution is 2.18. The third-order valence-corrected chi connectivity index (χ3v) is 4.43. The molecule has 0 saturated heterocycles. The number of nitrogens with zero attached hydrogens (tertiary/aromatic N) is 2. The number of hydrogen-bond acceptors (Lipinski definition) is 4. The van der Waals surface area contributed by atoms with E-state index in [1.807, 2.05) is 12.1 Å². The Kier molecular flexibility index (Phi) is 4.96. The van der Waals surface area contributed by atoms with Gasteiger partial charge in [-0.15, -0.1) is 0 Å². The predicted octanol–water partition coefficient (Wildman–Crippen LogP) is 4.36. The minimum absolute atomic E-state index is 0.234. The van der Waals surface area contributed by atoms with E-state index < -0.39 is 0 Å². The molecule has 0 saturated carbocycles. The molecule has 0 aliphatic carbocycles. The number of para-hydroxylation sites is 1. The van der Waals surface area contributed by atoms with Gasteiger partial charge in [-0.05, 0) is 35.7 Å². The summed E-state index contributed by atoms with van der Waals surface area (Å²) < 4.78 is 13.0. The Morgan fingerprint density at radius 2 is 1.70 bits per heavy atom. The molecule has 0 aliphatic rings. The van der Waals surface area contributed by atoms with Gasteiger partial charge < -0.3 is 15.6 Å². The summed E-state index contributed by atoms with van der Waals surface area (Å²) in [5.74, 6) is 1.26. The first-order chi connectivity index (χ1) is 13.3. The standard InChI is InChI=1S/C21H20FN5/c22-17-7-5-15(6-8-17)12-25-21-11-20(26-14-27-21)23-10-9-16-13-24-19-4-2-1-3-18(16)19/h1-8,11,13-14,24H,9-10,12H2,(H2,23,25,26,27). The number of halogens is 1. The molecule has 0 unspecified atom stereocenters. The number of aromatic nitrogens is 3. The molecule has 0 fully saturated rings. The van der Waals surface area contributed by atoms with Gasteiger partial charge >= 0.3 is 0 Å². The molecule has 3 N–H and O–H groups in total. The van der Waals surface area contributed by atoms with Gasteiger partial charge in [-0.25, -0.2) is 14.4 Å². The molecular weight excluding hydrogens is 341 g/mol. The molecule has 2 aromatic carbocycles. The molecule has 6 heteroatoms. The zero-order valence-electron chi connectivity index (χ0n) is 14.7. The summed E-state index contributed by atoms with van der Waals surface area (Å²) >= 11 is 0. The fraction of sp³-hybridized carbons (Fsp3) is 0.143. The van der Waals surface area contributed by atoms with Crippen LogP contribution >= 0.6 is 0 Å². The van der Waals surface area contributed by atoms with Crippen molar-refractivity contribution in [3.8, 4) is 0 Å². The van der Waals surface area contributed by atoms with Crippen molar-refractivity contribution in [2.75, 3.05) is 17.2 Å². The summed E-state index contributed by atoms with van der Waals surface area (Å²) in [5, 5.41) is 7.82. The summed E-state index contributed by atoms with van der Waals surface area (Å²) in [6, 6.07) is 16.6. The predicted molar refractivity (Wildman–Crippen MR) is 106 cm³/mol. The lowest BCUT2D eigenvalue weighted by Gasteiger charge is -2.09. The summed E-state index contributed by atoms with van der Waals surface area (Å²) in [4.78, 5) is 11.8. The zero-order valence-corrected chi connectivity index (χ0v) is 14.7. The number of H-pyrrole nitrogens is 1. The van der Waals surface area contributed by atoms with Crippen molar-refractivity contribution < 1.29 is 4.39 Å². The fourth-order valence-electron chi connectivity index (χ4n) is 3.01. The van der Waals surface area contributed by atoms with Crippen LogP contribution in [-0.4, -0.2) is 21.5 Å². The van der Waals surface area contributed by atoms with E-state index in [-0.39, 0.29) is 5.82 Å². The number of nitrogens with one attached hydrogen (secondary N) is 3. The minimum Gasteiger partial charge on any atom is -0.370 e. The van der Waals surface area contributed by atoms with Crippen LogP contribution < -0.4 is 10.6 Å². The minimum atomic E-state index is -0.234. The molecule has 4 rings (SSSR count). The lowest BCUT2D eigenvalue weighted by atomic mass is 10.1. The van der Waals surface area contributed by atoms with Gasteiger partial charge in [0.2, 0.25) is 0 Å². The summed E-state index contributed by atoms with van der Waals surface area (Å²) in [5.41, 5.74) is 3.42. The fourth-order valence-corrected chi connectivity index (χ4v) is 3.01. The van der Waals surface area contributed by atoms with Crippen molar-refractivity contribution in [1.29, 1.82) is 0 Å². The van der Waals surface area contributed by atoms with Gasteiger partial charge in [0.25, 0.3) is 0 Å². The monoisotopic (exact) mass is 361 g/mol. The first-order valence-corrected chi connectivity index (χ1v) is 8.87. The lowest BCUT2D eigenvalue weighted by Crippen LogP contribution is -2.08. The number of benzene rings is 2. The quantitative estimate of drug-likeness (QED) is 0.457. The molecular formula is C21H20FN5. The molecule has 0 bridgehead atoms. The highest BCUT2D eigenvalue weighted by atomic mass is 19.1. The van der Waals surface area contributed by atoms with E-state index in [4.69, 9.17) is 0 Å². The second-order valence-electron chi connectivity index (χ2n) is 6.30. The molecule has 0 aliphatic heterocycles. The molecule has 2 heterocycles. The van der Waals surface area contributed by atoms with Gasteiger partial charge in [-0.1, -0.05) is 30.3 Å². The van der Waals surface area contributed by atoms with E-state index >= 15 is 0 Å². The highest BCUT2D eigenvalue weighted by molar-refractivity contribution is 5.83. The van der Waals surface area contributed by atoms with E-state index in [2.05, 4.69) is 50.0 Å². The first-order valence-electron chi connectivity index (χ1n) is 8.87. The third-order valence-electron chi connectivity index (χ3n) is 4.43. The van der Waals surface area contributed by atoms with Crippen molar-refractivity contribution in [2.24, 2.45) is 0 Å². The summed E-state index contributed by atoms with van der Waals surface area (Å²) in [6.07, 6.45) is 4.48. The Labute approximate surface area is 156 Å². The third kappa shape index (κ3) is 4.23. The van der Waals surface area contributed by atoms with Crippen molar-refractivity contribution in [3.05, 3.63) is 84.1 Å². The SMILES string of the molecule is Fc1ccc(CNc2cc(NCCc3c[nH]c4ccccc34)ncn2)cc1. The van der Waals surface area contributed by atoms with E-state index in [9.17, 15) is 4.39 Å². The van der Waals surface area contributed by atoms with E-state index in [1.165, 1.54) is 29.4 Å². The maximum Gasteiger partial charge on any atom is 0.131 e. The average Bonchev–Trinajstić information content (AvgIpc) is 3.11. The molecule has 5 nitrogen and oxygen atoms in total. The molecule has 27 heavy (non-hydrogen) atoms. The van der Waals surface area contributed by atoms with Crippen molar-refractivity contribution in [2.45, 2.75) is 13.0 Å². The topological polar surface area (TPSA) is 65.6 Å². The number of anilines is 2. The number of hydrogen-bond donors (Lipinski definition) is 3. The number of rotatable bonds is 7. The molecule has 2 aromatic heterocycles. The van der Waals surface area contributed by atoms with Gasteiger partial charge in [-0.2, -0.15) is 0 Å². The molecule has 0 amide bonds. The van der Waals surface area contributed by atoms with Crippen molar-refractivity contribution in [3.63, 3.8) is 0 Å². The zero-order chi connectivity index (χ0) is 18.5. The van der Waals surface area contributed by atoms with Gasteiger partial charge in [0.15, 0.2) is 0 Å². The van der Waals surface area contributed by atoms with E-state index in [0.717, 1.165) is 35.7 Å². The second kappa shape index (κ2) is 7.86. The van der Waals surface area contributed by atoms with Crippen LogP contribution in [0.25, 0.3) is 10.9 Å². The Hall–Kier alpha value is -3.41. The van der Waals surface area contributed by atoms with Crippen LogP contribution in [-0.2, 0) is 13.0 Å². The van der Waals surface area contributed by atoms with Gasteiger partial charge in [0, 0.05) is 36.3 Å². The van der Waals surface area contributed by atoms with Crippen molar-refractivity contribution in [1.82, 2.24) is 15.0 Å². The smallest absolute Gasteiger partial charge is 0.131 e. The lowest BCUT2D eigenvalue weighted by molar-refractivity contribution is 0.627. The Morgan fingerprint density at radius 1 is 0.926 bits per heavy atom. The van der Waals surface area contributed by atoms with Gasteiger partial charge in [-0.3, -0.25) is 0 Å². The van der Waals surface area contributed by atoms with Crippen LogP contribution in [0.5, 0.6) is 0 Å². The maximum absolute atomic E-state index is 13.0. The van der Waals surface area contributed by atoms with Crippen molar-refractivity contribution >= 4 is 22.5 Å². The Bertz CT molecular complexity index is 1030. The Morgan fingerprint density at radius 3 is 2.56 bits per heavy atom. The summed E-state index contributed by atoms with van der Waals surface area (Å²) in [6.45, 7) is 1.35. The highest BCUT2D eigenvalue weighted by Gasteiger charge is 2.04. The summed E-state index contributed by atoms with van der Waals surface area (Å²) in [7, 11) is 0. The van der Waals surface area contributed by atoms with Crippen LogP contribution in [0, 0.1) is 5.82 Å². The van der Waals surface area contributed by atoms with Gasteiger partial charge in [0.05, 0.1) is 0 Å². The number of fused-ring (bicyclic) bond motifs is 1. The van der Waals surface area contributed by atoms with E-state index in [1.54, 1.807) is 12.1 Å². The molecule has 0 radical (unpaired) electrons. The molecule has 4 aromatic rings. The Balaban J connectivity index is 1.33. The van der Waals surface area contributed by atoms with Crippen LogP contribution in [0.3, 0.4) is 0 Å². The second-order valence-corrected chi connectivity index (χ2v) is 6.30. The first kappa shape index (κ1) is 17.0. The van der Waals surface area contributed by atoms with Crippen LogP contribution in [0.1, 0.15) is 11.1 Å². The molecule has 0 atom stereocenters. The molecule has 136 valence electrons. The average molecular weight is 361 g/mol. The van der Waals surface area contributed by atoms with Crippen LogP contribution in [0.4, 0.5) is 16.0 Å². The van der Waals surface area contributed by atoms with Gasteiger partial charge in [0.1, 0.15) is 23.8 Å². The van der Waals surface area contributed by atoms with Crippen LogP contribution in [0.2, 0.25) is 0 Å². The van der Waals surface area contributed by atoms with Crippen LogP contribution in [0.15, 0.2) is 67.1 Å². The largest absolute Gasteiger partial charge is 0.370 e. The normalized spacial score (nSPS) is 10.9. The van der Waals surface area contributed by atoms with E-state index in [0.29, 0.717) is 6.54 Å². The number of aromatic amines is 1.